The summed E-state index contributed by atoms with van der Waals surface area (Å²) in [4.78, 5) is 14.3. The predicted molar refractivity (Wildman–Crippen MR) is 64.3 cm³/mol. The number of fused-ring (bicyclic) bond motifs is 1. The van der Waals surface area contributed by atoms with Gasteiger partial charge in [-0.15, -0.1) is 11.3 Å². The molecule has 4 nitrogen and oxygen atoms in total. The van der Waals surface area contributed by atoms with E-state index in [-0.39, 0.29) is 0 Å². The van der Waals surface area contributed by atoms with Gasteiger partial charge in [-0.05, 0) is 26.2 Å². The van der Waals surface area contributed by atoms with Crippen LogP contribution < -0.4 is 5.73 Å². The summed E-state index contributed by atoms with van der Waals surface area (Å²) in [7, 11) is 0. The summed E-state index contributed by atoms with van der Waals surface area (Å²) < 4.78 is 0. The SMILES string of the molecule is Cc1ncc(-c2nc3c(s2)CCC3)c(N)n1. The molecule has 1 aliphatic rings. The van der Waals surface area contributed by atoms with Gasteiger partial charge in [0.1, 0.15) is 16.6 Å². The van der Waals surface area contributed by atoms with Gasteiger partial charge in [0.2, 0.25) is 0 Å². The lowest BCUT2D eigenvalue weighted by Crippen LogP contribution is -1.98. The van der Waals surface area contributed by atoms with Crippen LogP contribution in [0.4, 0.5) is 5.82 Å². The van der Waals surface area contributed by atoms with Crippen molar-refractivity contribution in [1.29, 1.82) is 0 Å². The first-order valence-corrected chi connectivity index (χ1v) is 6.14. The standard InChI is InChI=1S/C11H12N4S/c1-6-13-5-7(10(12)14-6)11-15-8-3-2-4-9(8)16-11/h5H,2-4H2,1H3,(H2,12,13,14). The highest BCUT2D eigenvalue weighted by Crippen LogP contribution is 2.34. The summed E-state index contributed by atoms with van der Waals surface area (Å²) in [6.07, 6.45) is 5.25. The van der Waals surface area contributed by atoms with Crippen LogP contribution in [0.2, 0.25) is 0 Å². The lowest BCUT2D eigenvalue weighted by molar-refractivity contribution is 0.900. The average Bonchev–Trinajstić information content (AvgIpc) is 2.76. The van der Waals surface area contributed by atoms with Gasteiger partial charge in [0.15, 0.2) is 0 Å². The minimum absolute atomic E-state index is 0.528. The lowest BCUT2D eigenvalue weighted by atomic mass is 10.3. The third-order valence-corrected chi connectivity index (χ3v) is 3.96. The van der Waals surface area contributed by atoms with Crippen LogP contribution in [0.5, 0.6) is 0 Å². The molecule has 0 spiro atoms. The minimum Gasteiger partial charge on any atom is -0.383 e. The number of aromatic nitrogens is 3. The van der Waals surface area contributed by atoms with Crippen LogP contribution in [0, 0.1) is 6.92 Å². The molecule has 16 heavy (non-hydrogen) atoms. The van der Waals surface area contributed by atoms with Crippen molar-refractivity contribution >= 4 is 17.2 Å². The molecule has 1 aliphatic carbocycles. The molecule has 0 saturated heterocycles. The number of nitrogen functional groups attached to an aromatic ring is 1. The van der Waals surface area contributed by atoms with Crippen LogP contribution in [0.25, 0.3) is 10.6 Å². The van der Waals surface area contributed by atoms with Gasteiger partial charge < -0.3 is 5.73 Å². The van der Waals surface area contributed by atoms with Crippen molar-refractivity contribution in [3.63, 3.8) is 0 Å². The number of rotatable bonds is 1. The van der Waals surface area contributed by atoms with E-state index in [1.165, 1.54) is 17.0 Å². The Morgan fingerprint density at radius 2 is 2.19 bits per heavy atom. The van der Waals surface area contributed by atoms with E-state index in [2.05, 4.69) is 15.0 Å². The van der Waals surface area contributed by atoms with Crippen molar-refractivity contribution < 1.29 is 0 Å². The summed E-state index contributed by atoms with van der Waals surface area (Å²) in [5.74, 6) is 1.23. The maximum atomic E-state index is 5.89. The van der Waals surface area contributed by atoms with E-state index < -0.39 is 0 Å². The van der Waals surface area contributed by atoms with E-state index in [0.29, 0.717) is 11.6 Å². The second-order valence-corrected chi connectivity index (χ2v) is 5.04. The number of anilines is 1. The van der Waals surface area contributed by atoms with Crippen molar-refractivity contribution in [2.75, 3.05) is 5.73 Å². The monoisotopic (exact) mass is 232 g/mol. The van der Waals surface area contributed by atoms with Gasteiger partial charge in [0.05, 0.1) is 11.3 Å². The van der Waals surface area contributed by atoms with E-state index in [1.807, 2.05) is 6.92 Å². The Labute approximate surface area is 97.6 Å². The number of aryl methyl sites for hydroxylation is 3. The van der Waals surface area contributed by atoms with E-state index in [4.69, 9.17) is 5.73 Å². The highest BCUT2D eigenvalue weighted by molar-refractivity contribution is 7.15. The van der Waals surface area contributed by atoms with Crippen LogP contribution in [0.15, 0.2) is 6.20 Å². The van der Waals surface area contributed by atoms with Crippen molar-refractivity contribution in [2.45, 2.75) is 26.2 Å². The average molecular weight is 232 g/mol. The number of hydrogen-bond donors (Lipinski definition) is 1. The van der Waals surface area contributed by atoms with Gasteiger partial charge in [-0.2, -0.15) is 0 Å². The van der Waals surface area contributed by atoms with Crippen LogP contribution in [0.1, 0.15) is 22.8 Å². The van der Waals surface area contributed by atoms with E-state index in [0.717, 1.165) is 23.4 Å². The number of nitrogens with zero attached hydrogens (tertiary/aromatic N) is 3. The topological polar surface area (TPSA) is 64.7 Å². The Balaban J connectivity index is 2.08. The summed E-state index contributed by atoms with van der Waals surface area (Å²) >= 11 is 1.72. The third kappa shape index (κ3) is 1.48. The molecule has 2 heterocycles. The molecule has 0 unspecified atom stereocenters. The van der Waals surface area contributed by atoms with Crippen molar-refractivity contribution in [3.05, 3.63) is 22.6 Å². The zero-order valence-corrected chi connectivity index (χ0v) is 9.84. The van der Waals surface area contributed by atoms with Gasteiger partial charge in [0, 0.05) is 11.1 Å². The molecule has 3 rings (SSSR count). The Bertz CT molecular complexity index is 525. The molecule has 0 aromatic carbocycles. The van der Waals surface area contributed by atoms with Gasteiger partial charge in [-0.1, -0.05) is 0 Å². The molecular formula is C11H12N4S. The highest BCUT2D eigenvalue weighted by Gasteiger charge is 2.18. The molecular weight excluding hydrogens is 220 g/mol. The fourth-order valence-corrected chi connectivity index (χ4v) is 3.13. The molecule has 2 aromatic rings. The molecule has 2 aromatic heterocycles. The summed E-state index contributed by atoms with van der Waals surface area (Å²) in [5.41, 5.74) is 7.99. The fourth-order valence-electron chi connectivity index (χ4n) is 1.96. The van der Waals surface area contributed by atoms with E-state index in [1.54, 1.807) is 17.5 Å². The Kier molecular flexibility index (Phi) is 2.14. The second kappa shape index (κ2) is 3.52. The Morgan fingerprint density at radius 3 is 2.94 bits per heavy atom. The van der Waals surface area contributed by atoms with Crippen molar-refractivity contribution in [1.82, 2.24) is 15.0 Å². The molecule has 0 amide bonds. The van der Waals surface area contributed by atoms with E-state index in [9.17, 15) is 0 Å². The van der Waals surface area contributed by atoms with Crippen LogP contribution in [-0.4, -0.2) is 15.0 Å². The maximum Gasteiger partial charge on any atom is 0.137 e. The summed E-state index contributed by atoms with van der Waals surface area (Å²) in [5, 5.41) is 0.960. The molecule has 2 N–H and O–H groups in total. The van der Waals surface area contributed by atoms with Gasteiger partial charge in [-0.3, -0.25) is 0 Å². The highest BCUT2D eigenvalue weighted by atomic mass is 32.1. The first-order valence-electron chi connectivity index (χ1n) is 5.32. The molecule has 0 radical (unpaired) electrons. The molecule has 82 valence electrons. The van der Waals surface area contributed by atoms with E-state index >= 15 is 0 Å². The third-order valence-electron chi connectivity index (χ3n) is 2.76. The Morgan fingerprint density at radius 1 is 1.31 bits per heavy atom. The van der Waals surface area contributed by atoms with Crippen molar-refractivity contribution in [3.8, 4) is 10.6 Å². The molecule has 0 saturated carbocycles. The number of thiazole rings is 1. The lowest BCUT2D eigenvalue weighted by Gasteiger charge is -2.01. The van der Waals surface area contributed by atoms with Gasteiger partial charge in [0.25, 0.3) is 0 Å². The fraction of sp³-hybridized carbons (Fsp3) is 0.364. The van der Waals surface area contributed by atoms with Crippen LogP contribution in [-0.2, 0) is 12.8 Å². The normalized spacial score (nSPS) is 14.1. The zero-order chi connectivity index (χ0) is 11.1. The zero-order valence-electron chi connectivity index (χ0n) is 9.03. The largest absolute Gasteiger partial charge is 0.383 e. The second-order valence-electron chi connectivity index (χ2n) is 3.96. The van der Waals surface area contributed by atoms with Crippen molar-refractivity contribution in [2.24, 2.45) is 0 Å². The molecule has 0 atom stereocenters. The first kappa shape index (κ1) is 9.72. The van der Waals surface area contributed by atoms with Gasteiger partial charge >= 0.3 is 0 Å². The molecule has 5 heteroatoms. The van der Waals surface area contributed by atoms with Gasteiger partial charge in [-0.25, -0.2) is 15.0 Å². The number of nitrogens with two attached hydrogens (primary N) is 1. The van der Waals surface area contributed by atoms with Crippen LogP contribution >= 0.6 is 11.3 Å². The first-order chi connectivity index (χ1) is 7.74. The smallest absolute Gasteiger partial charge is 0.137 e. The summed E-state index contributed by atoms with van der Waals surface area (Å²) in [6, 6.07) is 0. The predicted octanol–water partition coefficient (Wildman–Crippen LogP) is 1.98. The summed E-state index contributed by atoms with van der Waals surface area (Å²) in [6.45, 7) is 1.84. The number of hydrogen-bond acceptors (Lipinski definition) is 5. The minimum atomic E-state index is 0.528. The quantitative estimate of drug-likeness (QED) is 0.816. The molecule has 0 aliphatic heterocycles. The molecule has 0 bridgehead atoms. The molecule has 0 fully saturated rings. The Hall–Kier alpha value is -1.49. The van der Waals surface area contributed by atoms with Crippen LogP contribution in [0.3, 0.4) is 0 Å². The maximum absolute atomic E-state index is 5.89.